The molecule has 1 amide bonds. The second-order valence-electron chi connectivity index (χ2n) is 5.75. The van der Waals surface area contributed by atoms with Crippen molar-refractivity contribution in [2.45, 2.75) is 18.9 Å². The first-order valence-electron chi connectivity index (χ1n) is 7.13. The molecule has 1 atom stereocenters. The number of aromatic nitrogens is 3. The number of carbonyl (C=O) groups excluding carboxylic acids is 1. The predicted octanol–water partition coefficient (Wildman–Crippen LogP) is 0.362. The number of H-pyrrole nitrogens is 1. The number of ether oxygens (including phenoxy) is 1. The summed E-state index contributed by atoms with van der Waals surface area (Å²) in [6.07, 6.45) is 2.77. The molecule has 21 heavy (non-hydrogen) atoms. The Morgan fingerprint density at radius 3 is 3.14 bits per heavy atom. The minimum absolute atomic E-state index is 0.0382. The number of hydrogen-bond acceptors (Lipinski definition) is 5. The lowest BCUT2D eigenvalue weighted by Gasteiger charge is -2.33. The Balaban J connectivity index is 1.65. The Morgan fingerprint density at radius 1 is 1.43 bits per heavy atom. The first kappa shape index (κ1) is 12.6. The normalized spacial score (nSPS) is 25.8. The van der Waals surface area contributed by atoms with Gasteiger partial charge in [0.15, 0.2) is 5.82 Å². The first-order chi connectivity index (χ1) is 10.2. The zero-order valence-electron chi connectivity index (χ0n) is 11.8. The third-order valence-corrected chi connectivity index (χ3v) is 4.23. The molecule has 1 spiro atoms. The summed E-state index contributed by atoms with van der Waals surface area (Å²) in [6.45, 7) is 4.21. The lowest BCUT2D eigenvalue weighted by atomic mass is 10.0. The summed E-state index contributed by atoms with van der Waals surface area (Å²) < 4.78 is 5.81. The van der Waals surface area contributed by atoms with Crippen LogP contribution >= 0.6 is 0 Å². The van der Waals surface area contributed by atoms with Gasteiger partial charge in [0.2, 0.25) is 5.91 Å². The van der Waals surface area contributed by atoms with Crippen LogP contribution in [0.25, 0.3) is 11.0 Å². The molecule has 7 heteroatoms. The molecule has 0 radical (unpaired) electrons. The number of hydrogen-bond donors (Lipinski definition) is 2. The van der Waals surface area contributed by atoms with Crippen LogP contribution in [0, 0.1) is 6.92 Å². The molecule has 0 saturated carbocycles. The van der Waals surface area contributed by atoms with Crippen LogP contribution in [0.4, 0.5) is 5.82 Å². The zero-order chi connectivity index (χ0) is 14.4. The van der Waals surface area contributed by atoms with E-state index in [4.69, 9.17) is 4.74 Å². The molecule has 1 unspecified atom stereocenters. The number of morpholine rings is 1. The molecule has 4 rings (SSSR count). The van der Waals surface area contributed by atoms with E-state index in [2.05, 4.69) is 25.2 Å². The second kappa shape index (κ2) is 4.42. The highest BCUT2D eigenvalue weighted by Crippen LogP contribution is 2.32. The minimum atomic E-state index is -0.286. The van der Waals surface area contributed by atoms with Crippen LogP contribution in [0.1, 0.15) is 12.2 Å². The van der Waals surface area contributed by atoms with Gasteiger partial charge in [-0.2, -0.15) is 0 Å². The Bertz CT molecular complexity index is 700. The van der Waals surface area contributed by atoms with Gasteiger partial charge in [0.05, 0.1) is 12.1 Å². The van der Waals surface area contributed by atoms with Gasteiger partial charge < -0.3 is 19.9 Å². The maximum atomic E-state index is 11.3. The van der Waals surface area contributed by atoms with Crippen molar-refractivity contribution in [3.8, 4) is 0 Å². The van der Waals surface area contributed by atoms with Crippen molar-refractivity contribution in [1.82, 2.24) is 20.3 Å². The van der Waals surface area contributed by atoms with Crippen molar-refractivity contribution in [2.24, 2.45) is 0 Å². The maximum Gasteiger partial charge on any atom is 0.246 e. The fourth-order valence-corrected chi connectivity index (χ4v) is 3.14. The number of rotatable bonds is 1. The van der Waals surface area contributed by atoms with E-state index in [-0.39, 0.29) is 18.1 Å². The predicted molar refractivity (Wildman–Crippen MR) is 77.1 cm³/mol. The van der Waals surface area contributed by atoms with Gasteiger partial charge in [0.25, 0.3) is 0 Å². The first-order valence-corrected chi connectivity index (χ1v) is 7.13. The van der Waals surface area contributed by atoms with E-state index < -0.39 is 0 Å². The van der Waals surface area contributed by atoms with Crippen LogP contribution in [0.2, 0.25) is 0 Å². The Hall–Kier alpha value is -2.15. The molecule has 0 aliphatic carbocycles. The summed E-state index contributed by atoms with van der Waals surface area (Å²) in [5, 5.41) is 2.90. The van der Waals surface area contributed by atoms with Crippen LogP contribution in [-0.4, -0.2) is 52.7 Å². The molecule has 2 aromatic heterocycles. The largest absolute Gasteiger partial charge is 0.361 e. The molecular formula is C14H17N5O2. The van der Waals surface area contributed by atoms with Crippen molar-refractivity contribution in [3.05, 3.63) is 18.1 Å². The standard InChI is InChI=1S/C14H17N5O2/c1-9-17-10-2-4-15-12(10)13(18-9)19-5-3-14(8-19)7-16-11(20)6-21-14/h2,4,15H,3,5-8H2,1H3,(H,16,20). The number of aryl methyl sites for hydroxylation is 1. The number of amides is 1. The highest BCUT2D eigenvalue weighted by Gasteiger charge is 2.43. The molecule has 2 fully saturated rings. The molecule has 0 bridgehead atoms. The molecule has 2 N–H and O–H groups in total. The van der Waals surface area contributed by atoms with Gasteiger partial charge in [-0.25, -0.2) is 9.97 Å². The van der Waals surface area contributed by atoms with E-state index in [0.29, 0.717) is 6.54 Å². The van der Waals surface area contributed by atoms with Crippen LogP contribution < -0.4 is 10.2 Å². The number of nitrogens with zero attached hydrogens (tertiary/aromatic N) is 3. The molecule has 0 aromatic carbocycles. The van der Waals surface area contributed by atoms with E-state index >= 15 is 0 Å². The van der Waals surface area contributed by atoms with Gasteiger partial charge >= 0.3 is 0 Å². The van der Waals surface area contributed by atoms with Crippen LogP contribution in [-0.2, 0) is 9.53 Å². The Kier molecular flexibility index (Phi) is 2.65. The molecule has 110 valence electrons. The summed E-state index contributed by atoms with van der Waals surface area (Å²) in [4.78, 5) is 25.7. The summed E-state index contributed by atoms with van der Waals surface area (Å²) in [7, 11) is 0. The van der Waals surface area contributed by atoms with E-state index in [1.165, 1.54) is 0 Å². The summed E-state index contributed by atoms with van der Waals surface area (Å²) in [5.74, 6) is 1.64. The van der Waals surface area contributed by atoms with E-state index in [1.807, 2.05) is 19.2 Å². The average molecular weight is 287 g/mol. The smallest absolute Gasteiger partial charge is 0.246 e. The number of carbonyl (C=O) groups is 1. The Morgan fingerprint density at radius 2 is 2.33 bits per heavy atom. The van der Waals surface area contributed by atoms with Crippen molar-refractivity contribution < 1.29 is 9.53 Å². The molecule has 2 aliphatic rings. The number of aromatic amines is 1. The SMILES string of the molecule is Cc1nc(N2CCC3(CNC(=O)CO3)C2)c2[nH]ccc2n1. The summed E-state index contributed by atoms with van der Waals surface area (Å²) in [6, 6.07) is 1.96. The molecular weight excluding hydrogens is 270 g/mol. The van der Waals surface area contributed by atoms with E-state index in [0.717, 1.165) is 42.2 Å². The highest BCUT2D eigenvalue weighted by atomic mass is 16.5. The van der Waals surface area contributed by atoms with Gasteiger partial charge in [0, 0.05) is 19.3 Å². The number of nitrogens with one attached hydrogen (secondary N) is 2. The number of anilines is 1. The van der Waals surface area contributed by atoms with Crippen LogP contribution in [0.5, 0.6) is 0 Å². The molecule has 4 heterocycles. The third-order valence-electron chi connectivity index (χ3n) is 4.23. The fraction of sp³-hybridized carbons (Fsp3) is 0.500. The van der Waals surface area contributed by atoms with Crippen molar-refractivity contribution in [2.75, 3.05) is 31.1 Å². The lowest BCUT2D eigenvalue weighted by molar-refractivity contribution is -0.141. The van der Waals surface area contributed by atoms with Crippen molar-refractivity contribution in [3.63, 3.8) is 0 Å². The highest BCUT2D eigenvalue weighted by molar-refractivity contribution is 5.86. The second-order valence-corrected chi connectivity index (χ2v) is 5.75. The molecule has 7 nitrogen and oxygen atoms in total. The van der Waals surface area contributed by atoms with E-state index in [9.17, 15) is 4.79 Å². The monoisotopic (exact) mass is 287 g/mol. The summed E-state index contributed by atoms with van der Waals surface area (Å²) in [5.41, 5.74) is 1.60. The van der Waals surface area contributed by atoms with Gasteiger partial charge in [-0.05, 0) is 19.4 Å². The zero-order valence-corrected chi connectivity index (χ0v) is 11.8. The lowest BCUT2D eigenvalue weighted by Crippen LogP contribution is -2.53. The third kappa shape index (κ3) is 2.04. The maximum absolute atomic E-state index is 11.3. The molecule has 2 aromatic rings. The Labute approximate surface area is 121 Å². The van der Waals surface area contributed by atoms with Gasteiger partial charge in [-0.1, -0.05) is 0 Å². The fourth-order valence-electron chi connectivity index (χ4n) is 3.14. The molecule has 2 aliphatic heterocycles. The average Bonchev–Trinajstić information content (AvgIpc) is 3.09. The van der Waals surface area contributed by atoms with Crippen LogP contribution in [0.3, 0.4) is 0 Å². The van der Waals surface area contributed by atoms with Crippen molar-refractivity contribution >= 4 is 22.8 Å². The minimum Gasteiger partial charge on any atom is -0.361 e. The van der Waals surface area contributed by atoms with Gasteiger partial charge in [-0.15, -0.1) is 0 Å². The van der Waals surface area contributed by atoms with Gasteiger partial charge in [0.1, 0.15) is 23.5 Å². The number of fused-ring (bicyclic) bond motifs is 1. The summed E-state index contributed by atoms with van der Waals surface area (Å²) >= 11 is 0. The van der Waals surface area contributed by atoms with Crippen molar-refractivity contribution in [1.29, 1.82) is 0 Å². The van der Waals surface area contributed by atoms with E-state index in [1.54, 1.807) is 0 Å². The van der Waals surface area contributed by atoms with Gasteiger partial charge in [-0.3, -0.25) is 4.79 Å². The quantitative estimate of drug-likeness (QED) is 0.791. The van der Waals surface area contributed by atoms with Crippen LogP contribution in [0.15, 0.2) is 12.3 Å². The topological polar surface area (TPSA) is 83.1 Å². The molecule has 2 saturated heterocycles.